The summed E-state index contributed by atoms with van der Waals surface area (Å²) in [6.45, 7) is 0. The molecule has 0 amide bonds. The Kier molecular flexibility index (Phi) is 5.47. The fourth-order valence-electron chi connectivity index (χ4n) is 2.94. The van der Waals surface area contributed by atoms with E-state index in [2.05, 4.69) is 30.1 Å². The van der Waals surface area contributed by atoms with Crippen molar-refractivity contribution in [2.24, 2.45) is 21.9 Å². The van der Waals surface area contributed by atoms with Gasteiger partial charge in [0.15, 0.2) is 5.82 Å². The summed E-state index contributed by atoms with van der Waals surface area (Å²) in [5, 5.41) is 7.88. The molecule has 4 aromatic rings. The average Bonchev–Trinajstić information content (AvgIpc) is 2.82. The molecule has 4 rings (SSSR count). The Morgan fingerprint density at radius 1 is 0.600 bits per heavy atom. The molecule has 8 nitrogen and oxygen atoms in total. The summed E-state index contributed by atoms with van der Waals surface area (Å²) in [6, 6.07) is 22.3. The van der Waals surface area contributed by atoms with E-state index in [0.29, 0.717) is 40.0 Å². The van der Waals surface area contributed by atoms with Crippen LogP contribution in [0, 0.1) is 0 Å². The van der Waals surface area contributed by atoms with Gasteiger partial charge in [-0.3, -0.25) is 9.97 Å². The van der Waals surface area contributed by atoms with Gasteiger partial charge in [0.05, 0.1) is 22.8 Å². The van der Waals surface area contributed by atoms with Crippen LogP contribution in [-0.2, 0) is 0 Å². The Morgan fingerprint density at radius 2 is 1.10 bits per heavy atom. The van der Waals surface area contributed by atoms with Crippen molar-refractivity contribution in [1.82, 2.24) is 19.9 Å². The number of hydrogen-bond acceptors (Lipinski definition) is 8. The molecule has 0 saturated carbocycles. The van der Waals surface area contributed by atoms with Gasteiger partial charge in [-0.2, -0.15) is 10.2 Å². The maximum Gasteiger partial charge on any atom is 0.160 e. The molecule has 4 N–H and O–H groups in total. The SMILES string of the molecule is N/N=C(/c1ccccn1)c1cc(/C(=N/N)c2ccccn2)nc(-c2ccccc2)n1. The van der Waals surface area contributed by atoms with Crippen LogP contribution in [-0.4, -0.2) is 31.4 Å². The molecular formula is C22H18N8. The van der Waals surface area contributed by atoms with Crippen LogP contribution in [0.25, 0.3) is 11.4 Å². The summed E-state index contributed by atoms with van der Waals surface area (Å²) in [4.78, 5) is 18.1. The largest absolute Gasteiger partial charge is 0.323 e. The lowest BCUT2D eigenvalue weighted by atomic mass is 10.1. The Hall–Kier alpha value is -4.46. The van der Waals surface area contributed by atoms with E-state index in [-0.39, 0.29) is 0 Å². The number of aromatic nitrogens is 4. The Morgan fingerprint density at radius 3 is 1.53 bits per heavy atom. The minimum absolute atomic E-state index is 0.425. The van der Waals surface area contributed by atoms with Gasteiger partial charge in [-0.05, 0) is 30.3 Å². The maximum absolute atomic E-state index is 5.72. The van der Waals surface area contributed by atoms with E-state index in [1.807, 2.05) is 66.7 Å². The molecule has 3 heterocycles. The number of hydrogen-bond donors (Lipinski definition) is 2. The first-order valence-electron chi connectivity index (χ1n) is 9.14. The third-order valence-electron chi connectivity index (χ3n) is 4.32. The minimum Gasteiger partial charge on any atom is -0.323 e. The molecule has 0 spiro atoms. The summed E-state index contributed by atoms with van der Waals surface area (Å²) in [6.07, 6.45) is 3.34. The van der Waals surface area contributed by atoms with Gasteiger partial charge < -0.3 is 11.7 Å². The fraction of sp³-hybridized carbons (Fsp3) is 0. The molecule has 8 heteroatoms. The smallest absolute Gasteiger partial charge is 0.160 e. The van der Waals surface area contributed by atoms with Crippen molar-refractivity contribution in [3.63, 3.8) is 0 Å². The predicted molar refractivity (Wildman–Crippen MR) is 116 cm³/mol. The van der Waals surface area contributed by atoms with E-state index in [1.165, 1.54) is 0 Å². The quantitative estimate of drug-likeness (QED) is 0.304. The highest BCUT2D eigenvalue weighted by Gasteiger charge is 2.18. The van der Waals surface area contributed by atoms with Crippen LogP contribution in [0.2, 0.25) is 0 Å². The molecule has 0 aliphatic carbocycles. The lowest BCUT2D eigenvalue weighted by Crippen LogP contribution is -2.16. The Balaban J connectivity index is 1.92. The monoisotopic (exact) mass is 394 g/mol. The van der Waals surface area contributed by atoms with Crippen LogP contribution in [0.5, 0.6) is 0 Å². The van der Waals surface area contributed by atoms with Crippen LogP contribution in [0.15, 0.2) is 95.4 Å². The van der Waals surface area contributed by atoms with E-state index >= 15 is 0 Å². The zero-order valence-corrected chi connectivity index (χ0v) is 15.9. The summed E-state index contributed by atoms with van der Waals surface area (Å²) >= 11 is 0. The highest BCUT2D eigenvalue weighted by molar-refractivity contribution is 6.14. The first-order chi connectivity index (χ1) is 14.8. The molecule has 0 aliphatic heterocycles. The number of nitrogens with zero attached hydrogens (tertiary/aromatic N) is 6. The summed E-state index contributed by atoms with van der Waals surface area (Å²) in [5.41, 5.74) is 3.85. The number of benzene rings is 1. The van der Waals surface area contributed by atoms with Crippen LogP contribution in [0.3, 0.4) is 0 Å². The van der Waals surface area contributed by atoms with Gasteiger partial charge in [-0.15, -0.1) is 0 Å². The van der Waals surface area contributed by atoms with Crippen LogP contribution in [0.4, 0.5) is 0 Å². The van der Waals surface area contributed by atoms with Gasteiger partial charge in [0, 0.05) is 18.0 Å². The predicted octanol–water partition coefficient (Wildman–Crippen LogP) is 2.36. The molecule has 0 bridgehead atoms. The molecule has 3 aromatic heterocycles. The van der Waals surface area contributed by atoms with Gasteiger partial charge in [-0.25, -0.2) is 9.97 Å². The molecule has 0 atom stereocenters. The van der Waals surface area contributed by atoms with Gasteiger partial charge in [0.1, 0.15) is 11.4 Å². The normalized spacial score (nSPS) is 12.0. The molecule has 146 valence electrons. The molecule has 0 radical (unpaired) electrons. The highest BCUT2D eigenvalue weighted by atomic mass is 15.1. The Bertz CT molecular complexity index is 1120. The van der Waals surface area contributed by atoms with Gasteiger partial charge in [0.25, 0.3) is 0 Å². The number of rotatable bonds is 5. The minimum atomic E-state index is 0.425. The van der Waals surface area contributed by atoms with Crippen molar-refractivity contribution in [2.75, 3.05) is 0 Å². The molecule has 1 aromatic carbocycles. The molecule has 0 aliphatic rings. The lowest BCUT2D eigenvalue weighted by molar-refractivity contribution is 1.11. The topological polar surface area (TPSA) is 128 Å². The van der Waals surface area contributed by atoms with Crippen molar-refractivity contribution in [3.8, 4) is 11.4 Å². The van der Waals surface area contributed by atoms with Crippen LogP contribution in [0.1, 0.15) is 22.8 Å². The summed E-state index contributed by atoms with van der Waals surface area (Å²) < 4.78 is 0. The van der Waals surface area contributed by atoms with Gasteiger partial charge >= 0.3 is 0 Å². The highest BCUT2D eigenvalue weighted by Crippen LogP contribution is 2.19. The molecule has 30 heavy (non-hydrogen) atoms. The van der Waals surface area contributed by atoms with E-state index in [4.69, 9.17) is 11.7 Å². The van der Waals surface area contributed by atoms with Crippen molar-refractivity contribution < 1.29 is 0 Å². The number of hydrazone groups is 2. The van der Waals surface area contributed by atoms with Crippen LogP contribution < -0.4 is 11.7 Å². The second kappa shape index (κ2) is 8.70. The Labute approximate surface area is 173 Å². The standard InChI is InChI=1S/C22H18N8/c23-29-20(16-10-4-6-12-25-16)18-14-19(21(30-24)17-11-5-7-13-26-17)28-22(27-18)15-8-2-1-3-9-15/h1-14H,23-24H2/b29-20-,30-21+. The van der Waals surface area contributed by atoms with Crippen molar-refractivity contribution in [1.29, 1.82) is 0 Å². The lowest BCUT2D eigenvalue weighted by Gasteiger charge is -2.11. The van der Waals surface area contributed by atoms with E-state index < -0.39 is 0 Å². The summed E-state index contributed by atoms with van der Waals surface area (Å²) in [7, 11) is 0. The average molecular weight is 394 g/mol. The summed E-state index contributed by atoms with van der Waals surface area (Å²) in [5.74, 6) is 11.9. The first-order valence-corrected chi connectivity index (χ1v) is 9.14. The van der Waals surface area contributed by atoms with Crippen molar-refractivity contribution >= 4 is 11.4 Å². The fourth-order valence-corrected chi connectivity index (χ4v) is 2.94. The maximum atomic E-state index is 5.72. The zero-order chi connectivity index (χ0) is 20.8. The third kappa shape index (κ3) is 3.88. The second-order valence-electron chi connectivity index (χ2n) is 6.21. The second-order valence-corrected chi connectivity index (χ2v) is 6.21. The molecule has 0 saturated heterocycles. The van der Waals surface area contributed by atoms with Gasteiger partial charge in [0.2, 0.25) is 0 Å². The van der Waals surface area contributed by atoms with E-state index in [9.17, 15) is 0 Å². The number of nitrogens with two attached hydrogens (primary N) is 2. The third-order valence-corrected chi connectivity index (χ3v) is 4.32. The van der Waals surface area contributed by atoms with Crippen LogP contribution >= 0.6 is 0 Å². The van der Waals surface area contributed by atoms with E-state index in [1.54, 1.807) is 18.5 Å². The van der Waals surface area contributed by atoms with Crippen molar-refractivity contribution in [2.45, 2.75) is 0 Å². The molecule has 0 unspecified atom stereocenters. The zero-order valence-electron chi connectivity index (χ0n) is 15.9. The van der Waals surface area contributed by atoms with Gasteiger partial charge in [-0.1, -0.05) is 42.5 Å². The first kappa shape index (κ1) is 18.9. The molecule has 0 fully saturated rings. The van der Waals surface area contributed by atoms with E-state index in [0.717, 1.165) is 5.56 Å². The van der Waals surface area contributed by atoms with Crippen molar-refractivity contribution in [3.05, 3.63) is 108 Å². The molecular weight excluding hydrogens is 376 g/mol. The number of pyridine rings is 2.